The Hall–Kier alpha value is -1.08. The molecule has 21 heavy (non-hydrogen) atoms. The molecule has 2 rings (SSSR count). The summed E-state index contributed by atoms with van der Waals surface area (Å²) in [7, 11) is 2.11. The van der Waals surface area contributed by atoms with Crippen LogP contribution in [-0.2, 0) is 6.54 Å². The van der Waals surface area contributed by atoms with Gasteiger partial charge in [-0.25, -0.2) is 0 Å². The molecule has 1 aromatic heterocycles. The molecule has 2 heterocycles. The molecule has 0 aliphatic carbocycles. The Morgan fingerprint density at radius 1 is 1.43 bits per heavy atom. The molecule has 0 unspecified atom stereocenters. The third kappa shape index (κ3) is 5.00. The molecule has 0 radical (unpaired) electrons. The van der Waals surface area contributed by atoms with Crippen LogP contribution in [0.4, 0.5) is 0 Å². The van der Waals surface area contributed by atoms with Gasteiger partial charge in [0.2, 0.25) is 0 Å². The first-order chi connectivity index (χ1) is 10.1. The molecule has 1 saturated heterocycles. The SMILES string of the molecule is CC(C)CN(C)CCn1cc(C(=O)N2CCSCC2)nn1. The molecule has 1 amide bonds. The molecule has 0 aromatic carbocycles. The summed E-state index contributed by atoms with van der Waals surface area (Å²) in [5, 5.41) is 8.10. The van der Waals surface area contributed by atoms with Gasteiger partial charge in [-0.3, -0.25) is 9.48 Å². The van der Waals surface area contributed by atoms with Gasteiger partial charge in [0.25, 0.3) is 5.91 Å². The number of likely N-dealkylation sites (N-methyl/N-ethyl adjacent to an activating group) is 1. The average Bonchev–Trinajstić information content (AvgIpc) is 2.93. The highest BCUT2D eigenvalue weighted by Crippen LogP contribution is 2.11. The van der Waals surface area contributed by atoms with Crippen molar-refractivity contribution in [3.05, 3.63) is 11.9 Å². The summed E-state index contributed by atoms with van der Waals surface area (Å²) in [5.74, 6) is 2.69. The molecule has 0 N–H and O–H groups in total. The van der Waals surface area contributed by atoms with Gasteiger partial charge in [0, 0.05) is 37.7 Å². The molecule has 0 bridgehead atoms. The van der Waals surface area contributed by atoms with Crippen molar-refractivity contribution in [3.63, 3.8) is 0 Å². The quantitative estimate of drug-likeness (QED) is 0.786. The first-order valence-electron chi connectivity index (χ1n) is 7.52. The minimum absolute atomic E-state index is 0.0112. The number of carbonyl (C=O) groups excluding carboxylic acids is 1. The summed E-state index contributed by atoms with van der Waals surface area (Å²) >= 11 is 1.89. The van der Waals surface area contributed by atoms with Crippen LogP contribution in [0.1, 0.15) is 24.3 Å². The van der Waals surface area contributed by atoms with E-state index in [4.69, 9.17) is 0 Å². The fourth-order valence-electron chi connectivity index (χ4n) is 2.42. The van der Waals surface area contributed by atoms with E-state index in [1.54, 1.807) is 10.9 Å². The topological polar surface area (TPSA) is 54.3 Å². The van der Waals surface area contributed by atoms with Crippen molar-refractivity contribution in [2.75, 3.05) is 44.7 Å². The second-order valence-corrected chi connectivity index (χ2v) is 7.15. The van der Waals surface area contributed by atoms with Gasteiger partial charge in [0.15, 0.2) is 5.69 Å². The second kappa shape index (κ2) is 7.79. The van der Waals surface area contributed by atoms with E-state index in [0.717, 1.165) is 44.2 Å². The molecule has 1 aliphatic rings. The van der Waals surface area contributed by atoms with Gasteiger partial charge >= 0.3 is 0 Å². The van der Waals surface area contributed by atoms with E-state index >= 15 is 0 Å². The minimum atomic E-state index is 0.0112. The van der Waals surface area contributed by atoms with Gasteiger partial charge in [0.1, 0.15) is 0 Å². The normalized spacial score (nSPS) is 16.0. The van der Waals surface area contributed by atoms with Gasteiger partial charge in [-0.05, 0) is 13.0 Å². The number of thioether (sulfide) groups is 1. The predicted octanol–water partition coefficient (Wildman–Crippen LogP) is 1.05. The lowest BCUT2D eigenvalue weighted by Crippen LogP contribution is -2.38. The summed E-state index contributed by atoms with van der Waals surface area (Å²) in [6.45, 7) is 8.78. The van der Waals surface area contributed by atoms with E-state index in [1.807, 2.05) is 16.7 Å². The zero-order chi connectivity index (χ0) is 15.2. The maximum absolute atomic E-state index is 12.3. The summed E-state index contributed by atoms with van der Waals surface area (Å²) in [5.41, 5.74) is 0.466. The molecule has 0 atom stereocenters. The van der Waals surface area contributed by atoms with E-state index in [0.29, 0.717) is 11.6 Å². The van der Waals surface area contributed by atoms with Crippen LogP contribution in [0.15, 0.2) is 6.20 Å². The third-order valence-electron chi connectivity index (χ3n) is 3.44. The summed E-state index contributed by atoms with van der Waals surface area (Å²) < 4.78 is 1.77. The second-order valence-electron chi connectivity index (χ2n) is 5.93. The Kier molecular flexibility index (Phi) is 6.05. The van der Waals surface area contributed by atoms with Crippen molar-refractivity contribution in [1.82, 2.24) is 24.8 Å². The monoisotopic (exact) mass is 311 g/mol. The first-order valence-corrected chi connectivity index (χ1v) is 8.67. The van der Waals surface area contributed by atoms with Gasteiger partial charge in [0.05, 0.1) is 12.7 Å². The fourth-order valence-corrected chi connectivity index (χ4v) is 3.33. The maximum atomic E-state index is 12.3. The van der Waals surface area contributed by atoms with Crippen molar-refractivity contribution >= 4 is 17.7 Å². The summed E-state index contributed by atoms with van der Waals surface area (Å²) in [6, 6.07) is 0. The number of nitrogens with zero attached hydrogens (tertiary/aromatic N) is 5. The first kappa shape index (κ1) is 16.3. The smallest absolute Gasteiger partial charge is 0.276 e. The van der Waals surface area contributed by atoms with E-state index in [1.165, 1.54) is 0 Å². The zero-order valence-electron chi connectivity index (χ0n) is 13.2. The van der Waals surface area contributed by atoms with Crippen LogP contribution in [0.3, 0.4) is 0 Å². The van der Waals surface area contributed by atoms with Crippen LogP contribution in [0.25, 0.3) is 0 Å². The van der Waals surface area contributed by atoms with E-state index in [-0.39, 0.29) is 5.91 Å². The van der Waals surface area contributed by atoms with Gasteiger partial charge in [-0.1, -0.05) is 19.1 Å². The number of hydrogen-bond acceptors (Lipinski definition) is 5. The van der Waals surface area contributed by atoms with Crippen molar-refractivity contribution in [3.8, 4) is 0 Å². The highest BCUT2D eigenvalue weighted by Gasteiger charge is 2.21. The number of amides is 1. The molecular weight excluding hydrogens is 286 g/mol. The molecule has 0 saturated carbocycles. The largest absolute Gasteiger partial charge is 0.336 e. The van der Waals surface area contributed by atoms with E-state index in [2.05, 4.69) is 36.1 Å². The molecule has 0 spiro atoms. The molecule has 118 valence electrons. The predicted molar refractivity (Wildman–Crippen MR) is 85.6 cm³/mol. The lowest BCUT2D eigenvalue weighted by atomic mass is 10.2. The number of hydrogen-bond donors (Lipinski definition) is 0. The molecule has 1 aliphatic heterocycles. The van der Waals surface area contributed by atoms with Crippen LogP contribution < -0.4 is 0 Å². The van der Waals surface area contributed by atoms with Gasteiger partial charge in [-0.15, -0.1) is 5.10 Å². The Morgan fingerprint density at radius 2 is 2.14 bits per heavy atom. The standard InChI is InChI=1S/C14H25N5OS/c1-12(2)10-17(3)4-5-19-11-13(15-16-19)14(20)18-6-8-21-9-7-18/h11-12H,4-10H2,1-3H3. The van der Waals surface area contributed by atoms with Crippen LogP contribution in [0.2, 0.25) is 0 Å². The Balaban J connectivity index is 1.84. The van der Waals surface area contributed by atoms with Crippen LogP contribution in [0, 0.1) is 5.92 Å². The maximum Gasteiger partial charge on any atom is 0.276 e. The molecule has 6 nitrogen and oxygen atoms in total. The van der Waals surface area contributed by atoms with E-state index in [9.17, 15) is 4.79 Å². The highest BCUT2D eigenvalue weighted by atomic mass is 32.2. The van der Waals surface area contributed by atoms with E-state index < -0.39 is 0 Å². The number of carbonyl (C=O) groups is 1. The van der Waals surface area contributed by atoms with Gasteiger partial charge in [-0.2, -0.15) is 11.8 Å². The van der Waals surface area contributed by atoms with Crippen molar-refractivity contribution < 1.29 is 4.79 Å². The number of aromatic nitrogens is 3. The van der Waals surface area contributed by atoms with Crippen molar-refractivity contribution in [2.45, 2.75) is 20.4 Å². The lowest BCUT2D eigenvalue weighted by Gasteiger charge is -2.25. The minimum Gasteiger partial charge on any atom is -0.336 e. The van der Waals surface area contributed by atoms with Crippen LogP contribution in [-0.4, -0.2) is 75.4 Å². The Labute approximate surface area is 130 Å². The van der Waals surface area contributed by atoms with Crippen LogP contribution >= 0.6 is 11.8 Å². The zero-order valence-corrected chi connectivity index (χ0v) is 14.0. The Morgan fingerprint density at radius 3 is 2.81 bits per heavy atom. The van der Waals surface area contributed by atoms with Crippen molar-refractivity contribution in [1.29, 1.82) is 0 Å². The summed E-state index contributed by atoms with van der Waals surface area (Å²) in [4.78, 5) is 16.4. The van der Waals surface area contributed by atoms with Crippen LogP contribution in [0.5, 0.6) is 0 Å². The van der Waals surface area contributed by atoms with Crippen molar-refractivity contribution in [2.24, 2.45) is 5.92 Å². The molecular formula is C14H25N5OS. The highest BCUT2D eigenvalue weighted by molar-refractivity contribution is 7.99. The Bertz CT molecular complexity index is 456. The molecule has 1 aromatic rings. The molecule has 7 heteroatoms. The number of rotatable bonds is 6. The lowest BCUT2D eigenvalue weighted by molar-refractivity contribution is 0.0766. The summed E-state index contributed by atoms with van der Waals surface area (Å²) in [6.07, 6.45) is 1.77. The van der Waals surface area contributed by atoms with Gasteiger partial charge < -0.3 is 9.80 Å². The fraction of sp³-hybridized carbons (Fsp3) is 0.786. The third-order valence-corrected chi connectivity index (χ3v) is 4.39. The average molecular weight is 311 g/mol. The molecule has 1 fully saturated rings.